The summed E-state index contributed by atoms with van der Waals surface area (Å²) in [5, 5.41) is 7.60. The molecule has 1 rings (SSSR count). The van der Waals surface area contributed by atoms with Crippen molar-refractivity contribution in [3.8, 4) is 0 Å². The number of sulfonamides is 1. The molecule has 0 saturated carbocycles. The van der Waals surface area contributed by atoms with Gasteiger partial charge < -0.3 is 10.1 Å². The lowest BCUT2D eigenvalue weighted by molar-refractivity contribution is -0.144. The number of rotatable bonds is 6. The lowest BCUT2D eigenvalue weighted by atomic mass is 10.2. The van der Waals surface area contributed by atoms with Gasteiger partial charge in [-0.1, -0.05) is 6.07 Å². The summed E-state index contributed by atoms with van der Waals surface area (Å²) in [4.78, 5) is 22.7. The number of carbonyl (C=O) groups excluding carboxylic acids is 2. The Morgan fingerprint density at radius 2 is 1.95 bits per heavy atom. The summed E-state index contributed by atoms with van der Waals surface area (Å²) >= 11 is 0. The van der Waals surface area contributed by atoms with Crippen LogP contribution in [0.4, 0.5) is 5.69 Å². The summed E-state index contributed by atoms with van der Waals surface area (Å²) in [6.07, 6.45) is -0.0784. The summed E-state index contributed by atoms with van der Waals surface area (Å²) in [7, 11) is -3.85. The molecule has 0 aliphatic heterocycles. The van der Waals surface area contributed by atoms with E-state index in [1.165, 1.54) is 6.07 Å². The van der Waals surface area contributed by atoms with E-state index in [4.69, 9.17) is 9.88 Å². The van der Waals surface area contributed by atoms with Gasteiger partial charge in [0.15, 0.2) is 0 Å². The highest BCUT2D eigenvalue weighted by Gasteiger charge is 2.13. The maximum Gasteiger partial charge on any atom is 0.306 e. The molecule has 0 spiro atoms. The average Bonchev–Trinajstić information content (AvgIpc) is 2.38. The van der Waals surface area contributed by atoms with Gasteiger partial charge in [-0.2, -0.15) is 0 Å². The minimum atomic E-state index is -3.85. The summed E-state index contributed by atoms with van der Waals surface area (Å²) in [6, 6.07) is 4.39. The van der Waals surface area contributed by atoms with E-state index in [1.807, 2.05) is 0 Å². The molecular formula is C13H18N2O5S. The van der Waals surface area contributed by atoms with Gasteiger partial charge in [0.25, 0.3) is 0 Å². The topological polar surface area (TPSA) is 116 Å². The first kappa shape index (κ1) is 17.1. The molecule has 21 heavy (non-hydrogen) atoms. The minimum Gasteiger partial charge on any atom is -0.466 e. The Balaban J connectivity index is 2.71. The van der Waals surface area contributed by atoms with Gasteiger partial charge in [0.1, 0.15) is 0 Å². The summed E-state index contributed by atoms with van der Waals surface area (Å²) in [6.45, 7) is 3.54. The molecule has 0 aliphatic carbocycles. The quantitative estimate of drug-likeness (QED) is 0.758. The molecule has 0 saturated heterocycles. The highest BCUT2D eigenvalue weighted by atomic mass is 32.2. The molecule has 3 N–H and O–H groups in total. The number of nitrogens with one attached hydrogen (secondary N) is 1. The number of ether oxygens (including phenoxy) is 1. The predicted molar refractivity (Wildman–Crippen MR) is 77.0 cm³/mol. The standard InChI is InChI=1S/C13H18N2O5S/c1-3-20-13(17)7-6-12(16)15-10-5-4-9(2)11(8-10)21(14,18)19/h4-5,8H,3,6-7H2,1-2H3,(H,15,16)(H2,14,18,19). The second-order valence-corrected chi connectivity index (χ2v) is 5.91. The van der Waals surface area contributed by atoms with E-state index in [0.717, 1.165) is 0 Å². The van der Waals surface area contributed by atoms with E-state index in [2.05, 4.69) is 5.32 Å². The molecule has 1 aromatic rings. The second-order valence-electron chi connectivity index (χ2n) is 4.38. The lowest BCUT2D eigenvalue weighted by Gasteiger charge is -2.09. The largest absolute Gasteiger partial charge is 0.466 e. The van der Waals surface area contributed by atoms with Crippen molar-refractivity contribution in [2.75, 3.05) is 11.9 Å². The van der Waals surface area contributed by atoms with Gasteiger partial charge in [0, 0.05) is 12.1 Å². The third kappa shape index (κ3) is 5.52. The summed E-state index contributed by atoms with van der Waals surface area (Å²) in [5.41, 5.74) is 0.792. The Hall–Kier alpha value is -1.93. The Kier molecular flexibility index (Phi) is 5.86. The first-order chi connectivity index (χ1) is 9.74. The molecule has 0 heterocycles. The molecule has 0 bridgehead atoms. The highest BCUT2D eigenvalue weighted by Crippen LogP contribution is 2.19. The van der Waals surface area contributed by atoms with E-state index >= 15 is 0 Å². The number of esters is 1. The zero-order valence-corrected chi connectivity index (χ0v) is 12.7. The van der Waals surface area contributed by atoms with Crippen LogP contribution < -0.4 is 10.5 Å². The lowest BCUT2D eigenvalue weighted by Crippen LogP contribution is -2.17. The van der Waals surface area contributed by atoms with E-state index in [1.54, 1.807) is 26.0 Å². The van der Waals surface area contributed by atoms with Crippen LogP contribution in [0.2, 0.25) is 0 Å². The van der Waals surface area contributed by atoms with Crippen molar-refractivity contribution in [2.24, 2.45) is 5.14 Å². The monoisotopic (exact) mass is 314 g/mol. The van der Waals surface area contributed by atoms with Gasteiger partial charge in [-0.15, -0.1) is 0 Å². The van der Waals surface area contributed by atoms with Crippen LogP contribution in [0.25, 0.3) is 0 Å². The Bertz CT molecular complexity index is 640. The molecule has 0 aromatic heterocycles. The van der Waals surface area contributed by atoms with Gasteiger partial charge in [-0.05, 0) is 31.5 Å². The van der Waals surface area contributed by atoms with Crippen LogP contribution >= 0.6 is 0 Å². The minimum absolute atomic E-state index is 0.0341. The molecule has 0 aliphatic rings. The molecule has 116 valence electrons. The van der Waals surface area contributed by atoms with Crippen LogP contribution in [0.5, 0.6) is 0 Å². The number of aryl methyl sites for hydroxylation is 1. The van der Waals surface area contributed by atoms with Crippen molar-refractivity contribution in [1.82, 2.24) is 0 Å². The number of primary sulfonamides is 1. The van der Waals surface area contributed by atoms with E-state index < -0.39 is 21.9 Å². The Morgan fingerprint density at radius 3 is 2.52 bits per heavy atom. The molecule has 0 unspecified atom stereocenters. The molecule has 1 aromatic carbocycles. The number of amides is 1. The molecule has 8 heteroatoms. The highest BCUT2D eigenvalue weighted by molar-refractivity contribution is 7.89. The number of anilines is 1. The number of hydrogen-bond acceptors (Lipinski definition) is 5. The predicted octanol–water partition coefficient (Wildman–Crippen LogP) is 0.924. The third-order valence-electron chi connectivity index (χ3n) is 2.64. The maximum atomic E-state index is 11.7. The fourth-order valence-electron chi connectivity index (χ4n) is 1.66. The fraction of sp³-hybridized carbons (Fsp3) is 0.385. The van der Waals surface area contributed by atoms with Gasteiger partial charge >= 0.3 is 5.97 Å². The summed E-state index contributed by atoms with van der Waals surface area (Å²) in [5.74, 6) is -0.867. The van der Waals surface area contributed by atoms with Crippen molar-refractivity contribution in [1.29, 1.82) is 0 Å². The first-order valence-corrected chi connectivity index (χ1v) is 7.87. The maximum absolute atomic E-state index is 11.7. The van der Waals surface area contributed by atoms with E-state index in [0.29, 0.717) is 11.3 Å². The fourth-order valence-corrected chi connectivity index (χ4v) is 2.46. The van der Waals surface area contributed by atoms with Crippen molar-refractivity contribution < 1.29 is 22.7 Å². The smallest absolute Gasteiger partial charge is 0.306 e. The number of hydrogen-bond donors (Lipinski definition) is 2. The molecule has 0 fully saturated rings. The second kappa shape index (κ2) is 7.19. The van der Waals surface area contributed by atoms with Crippen LogP contribution in [-0.2, 0) is 24.3 Å². The number of benzene rings is 1. The van der Waals surface area contributed by atoms with Crippen molar-refractivity contribution in [3.05, 3.63) is 23.8 Å². The Morgan fingerprint density at radius 1 is 1.29 bits per heavy atom. The van der Waals surface area contributed by atoms with Crippen LogP contribution in [0.3, 0.4) is 0 Å². The van der Waals surface area contributed by atoms with Crippen molar-refractivity contribution >= 4 is 27.6 Å². The third-order valence-corrected chi connectivity index (χ3v) is 3.69. The molecular weight excluding hydrogens is 296 g/mol. The zero-order chi connectivity index (χ0) is 16.0. The number of nitrogens with two attached hydrogens (primary N) is 1. The van der Waals surface area contributed by atoms with E-state index in [-0.39, 0.29) is 24.3 Å². The normalized spacial score (nSPS) is 11.0. The van der Waals surface area contributed by atoms with Gasteiger partial charge in [0.05, 0.1) is 17.9 Å². The van der Waals surface area contributed by atoms with Gasteiger partial charge in [-0.3, -0.25) is 9.59 Å². The molecule has 0 atom stereocenters. The molecule has 0 radical (unpaired) electrons. The van der Waals surface area contributed by atoms with Crippen LogP contribution in [0.1, 0.15) is 25.3 Å². The molecule has 7 nitrogen and oxygen atoms in total. The molecule has 1 amide bonds. The van der Waals surface area contributed by atoms with Crippen molar-refractivity contribution in [2.45, 2.75) is 31.6 Å². The Labute approximate surface area is 123 Å². The summed E-state index contributed by atoms with van der Waals surface area (Å²) < 4.78 is 27.5. The van der Waals surface area contributed by atoms with Crippen LogP contribution in [0, 0.1) is 6.92 Å². The SMILES string of the molecule is CCOC(=O)CCC(=O)Nc1ccc(C)c(S(N)(=O)=O)c1. The van der Waals surface area contributed by atoms with Crippen LogP contribution in [-0.4, -0.2) is 26.9 Å². The first-order valence-electron chi connectivity index (χ1n) is 6.33. The van der Waals surface area contributed by atoms with Crippen molar-refractivity contribution in [3.63, 3.8) is 0 Å². The van der Waals surface area contributed by atoms with Gasteiger partial charge in [-0.25, -0.2) is 13.6 Å². The average molecular weight is 314 g/mol. The number of carbonyl (C=O) groups is 2. The van der Waals surface area contributed by atoms with Gasteiger partial charge in [0.2, 0.25) is 15.9 Å². The van der Waals surface area contributed by atoms with E-state index in [9.17, 15) is 18.0 Å². The zero-order valence-electron chi connectivity index (χ0n) is 11.9. The van der Waals surface area contributed by atoms with Crippen LogP contribution in [0.15, 0.2) is 23.1 Å².